The quantitative estimate of drug-likeness (QED) is 0.391. The minimum Gasteiger partial charge on any atom is -0.450 e. The molecule has 1 fully saturated rings. The molecule has 1 saturated heterocycles. The van der Waals surface area contributed by atoms with Crippen LogP contribution in [0.5, 0.6) is 0 Å². The maximum absolute atomic E-state index is 10.7. The number of carboxylic acid groups (broad SMARTS) is 1. The lowest BCUT2D eigenvalue weighted by atomic mass is 9.89. The summed E-state index contributed by atoms with van der Waals surface area (Å²) in [5.74, 6) is 0.197. The van der Waals surface area contributed by atoms with Gasteiger partial charge in [0.25, 0.3) is 0 Å². The fourth-order valence-electron chi connectivity index (χ4n) is 3.87. The van der Waals surface area contributed by atoms with Crippen LogP contribution in [0.4, 0.5) is 4.79 Å². The van der Waals surface area contributed by atoms with Crippen molar-refractivity contribution in [1.29, 1.82) is 0 Å². The highest BCUT2D eigenvalue weighted by atomic mass is 35.5. The Morgan fingerprint density at radius 2 is 1.63 bits per heavy atom. The topological polar surface area (TPSA) is 59.0 Å². The zero-order chi connectivity index (χ0) is 21.3. The molecule has 1 atom stereocenters. The molecule has 2 aromatic carbocycles. The van der Waals surface area contributed by atoms with Gasteiger partial charge in [0.05, 0.1) is 6.61 Å². The Labute approximate surface area is 187 Å². The highest BCUT2D eigenvalue weighted by Crippen LogP contribution is 2.30. The van der Waals surface area contributed by atoms with Crippen LogP contribution in [0, 0.1) is 0 Å². The maximum Gasteiger partial charge on any atom is 0.506 e. The first-order valence-corrected chi connectivity index (χ1v) is 11.0. The summed E-state index contributed by atoms with van der Waals surface area (Å²) in [5.41, 5.74) is 2.38. The highest BCUT2D eigenvalue weighted by Gasteiger charge is 2.22. The van der Waals surface area contributed by atoms with Crippen LogP contribution >= 0.6 is 23.2 Å². The van der Waals surface area contributed by atoms with E-state index in [9.17, 15) is 4.79 Å². The first-order chi connectivity index (χ1) is 14.5. The van der Waals surface area contributed by atoms with E-state index in [0.29, 0.717) is 19.8 Å². The molecule has 0 radical (unpaired) electrons. The van der Waals surface area contributed by atoms with E-state index < -0.39 is 6.16 Å². The molecule has 0 aliphatic carbocycles. The first-order valence-electron chi connectivity index (χ1n) is 10.2. The molecule has 30 heavy (non-hydrogen) atoms. The van der Waals surface area contributed by atoms with Crippen molar-refractivity contribution in [2.75, 3.05) is 32.8 Å². The summed E-state index contributed by atoms with van der Waals surface area (Å²) in [7, 11) is 0. The number of rotatable bonds is 9. The van der Waals surface area contributed by atoms with Crippen molar-refractivity contribution >= 4 is 29.4 Å². The third-order valence-electron chi connectivity index (χ3n) is 5.38. The summed E-state index contributed by atoms with van der Waals surface area (Å²) in [4.78, 5) is 12.9. The minimum atomic E-state index is -1.20. The number of carbonyl (C=O) groups is 1. The molecule has 1 aliphatic heterocycles. The molecule has 0 bridgehead atoms. The molecule has 0 amide bonds. The predicted molar refractivity (Wildman–Crippen MR) is 119 cm³/mol. The average molecular weight is 452 g/mol. The van der Waals surface area contributed by atoms with Gasteiger partial charge in [-0.05, 0) is 61.2 Å². The number of hydrogen-bond acceptors (Lipinski definition) is 4. The molecule has 7 heteroatoms. The normalized spacial score (nSPS) is 17.2. The van der Waals surface area contributed by atoms with Crippen molar-refractivity contribution in [2.45, 2.75) is 31.3 Å². The van der Waals surface area contributed by atoms with Crippen molar-refractivity contribution in [3.8, 4) is 0 Å². The summed E-state index contributed by atoms with van der Waals surface area (Å²) in [6, 6.07) is 15.9. The Hall–Kier alpha value is -1.79. The van der Waals surface area contributed by atoms with Gasteiger partial charge in [-0.15, -0.1) is 0 Å². The van der Waals surface area contributed by atoms with E-state index in [0.717, 1.165) is 42.4 Å². The monoisotopic (exact) mass is 451 g/mol. The lowest BCUT2D eigenvalue weighted by Gasteiger charge is -2.31. The second-order valence-electron chi connectivity index (χ2n) is 7.51. The number of nitrogens with zero attached hydrogens (tertiary/aromatic N) is 1. The van der Waals surface area contributed by atoms with Gasteiger partial charge >= 0.3 is 6.16 Å². The van der Waals surface area contributed by atoms with Crippen molar-refractivity contribution < 1.29 is 19.4 Å². The number of halogens is 2. The van der Waals surface area contributed by atoms with E-state index in [-0.39, 0.29) is 12.0 Å². The van der Waals surface area contributed by atoms with E-state index in [2.05, 4.69) is 29.2 Å². The Balaban J connectivity index is 1.49. The maximum atomic E-state index is 10.7. The lowest BCUT2D eigenvalue weighted by molar-refractivity contribution is 0.00558. The Morgan fingerprint density at radius 1 is 1.03 bits per heavy atom. The van der Waals surface area contributed by atoms with Gasteiger partial charge in [-0.25, -0.2) is 4.79 Å². The van der Waals surface area contributed by atoms with Crippen LogP contribution < -0.4 is 0 Å². The number of likely N-dealkylation sites (tertiary alicyclic amines) is 1. The van der Waals surface area contributed by atoms with Crippen LogP contribution in [0.2, 0.25) is 10.0 Å². The molecule has 2 aromatic rings. The van der Waals surface area contributed by atoms with Gasteiger partial charge in [0.1, 0.15) is 6.10 Å². The second-order valence-corrected chi connectivity index (χ2v) is 8.38. The van der Waals surface area contributed by atoms with Crippen LogP contribution in [-0.2, 0) is 9.47 Å². The molecule has 0 saturated carbocycles. The zero-order valence-electron chi connectivity index (χ0n) is 16.8. The summed E-state index contributed by atoms with van der Waals surface area (Å²) in [5, 5.41) is 10.2. The van der Waals surface area contributed by atoms with E-state index in [1.165, 1.54) is 11.1 Å². The minimum absolute atomic E-state index is 0.197. The Kier molecular flexibility index (Phi) is 8.82. The predicted octanol–water partition coefficient (Wildman–Crippen LogP) is 5.69. The third kappa shape index (κ3) is 7.17. The number of ether oxygens (including phenoxy) is 2. The van der Waals surface area contributed by atoms with Crippen molar-refractivity contribution in [3.05, 3.63) is 69.7 Å². The molecule has 0 unspecified atom stereocenters. The lowest BCUT2D eigenvalue weighted by Crippen LogP contribution is -2.41. The molecule has 1 aliphatic rings. The summed E-state index contributed by atoms with van der Waals surface area (Å²) < 4.78 is 10.8. The van der Waals surface area contributed by atoms with Gasteiger partial charge in [-0.2, -0.15) is 0 Å². The van der Waals surface area contributed by atoms with E-state index in [1.807, 2.05) is 24.3 Å². The van der Waals surface area contributed by atoms with Crippen LogP contribution in [0.15, 0.2) is 48.5 Å². The van der Waals surface area contributed by atoms with Gasteiger partial charge in [-0.3, -0.25) is 4.90 Å². The Morgan fingerprint density at radius 3 is 2.20 bits per heavy atom. The molecule has 0 aromatic heterocycles. The molecule has 1 heterocycles. The molecule has 0 spiro atoms. The van der Waals surface area contributed by atoms with Crippen molar-refractivity contribution in [1.82, 2.24) is 4.90 Å². The van der Waals surface area contributed by atoms with Crippen LogP contribution in [0.3, 0.4) is 0 Å². The Bertz CT molecular complexity index is 752. The van der Waals surface area contributed by atoms with E-state index in [4.69, 9.17) is 37.8 Å². The molecule has 3 rings (SSSR count). The molecule has 5 nitrogen and oxygen atoms in total. The average Bonchev–Trinajstić information content (AvgIpc) is 2.72. The van der Waals surface area contributed by atoms with Gasteiger partial charge < -0.3 is 14.6 Å². The smallest absolute Gasteiger partial charge is 0.450 e. The number of piperidine rings is 1. The van der Waals surface area contributed by atoms with E-state index in [1.54, 1.807) is 0 Å². The summed E-state index contributed by atoms with van der Waals surface area (Å²) in [6.07, 6.45) is 1.12. The summed E-state index contributed by atoms with van der Waals surface area (Å²) >= 11 is 12.1. The standard InChI is InChI=1S/C23H27Cl2NO4/c24-19-7-3-17(4-8-19)22(18-5-9-20(25)10-6-18)11-14-29-15-13-26-12-1-2-21(16-26)30-23(27)28/h3-10,21-22H,1-2,11-16H2,(H,27,28)/t21-/m1/s1. The van der Waals surface area contributed by atoms with Gasteiger partial charge in [0.2, 0.25) is 0 Å². The SMILES string of the molecule is O=C(O)O[C@@H]1CCCN(CCOCCC(c2ccc(Cl)cc2)c2ccc(Cl)cc2)C1. The zero-order valence-corrected chi connectivity index (χ0v) is 18.3. The van der Waals surface area contributed by atoms with E-state index >= 15 is 0 Å². The van der Waals surface area contributed by atoms with Gasteiger partial charge in [-0.1, -0.05) is 47.5 Å². The van der Waals surface area contributed by atoms with Gasteiger partial charge in [0, 0.05) is 35.7 Å². The summed E-state index contributed by atoms with van der Waals surface area (Å²) in [6.45, 7) is 3.58. The largest absolute Gasteiger partial charge is 0.506 e. The van der Waals surface area contributed by atoms with Crippen molar-refractivity contribution in [2.24, 2.45) is 0 Å². The molecule has 162 valence electrons. The van der Waals surface area contributed by atoms with Crippen LogP contribution in [0.25, 0.3) is 0 Å². The number of benzene rings is 2. The van der Waals surface area contributed by atoms with Gasteiger partial charge in [0.15, 0.2) is 0 Å². The van der Waals surface area contributed by atoms with Crippen LogP contribution in [-0.4, -0.2) is 55.1 Å². The molecular weight excluding hydrogens is 425 g/mol. The second kappa shape index (κ2) is 11.6. The third-order valence-corrected chi connectivity index (χ3v) is 5.88. The fourth-order valence-corrected chi connectivity index (χ4v) is 4.12. The van der Waals surface area contributed by atoms with Crippen LogP contribution in [0.1, 0.15) is 36.3 Å². The number of hydrogen-bond donors (Lipinski definition) is 1. The molecular formula is C23H27Cl2NO4. The van der Waals surface area contributed by atoms with Crippen molar-refractivity contribution in [3.63, 3.8) is 0 Å². The molecule has 1 N–H and O–H groups in total. The highest BCUT2D eigenvalue weighted by molar-refractivity contribution is 6.30. The fraction of sp³-hybridized carbons (Fsp3) is 0.435. The first kappa shape index (κ1) is 22.9.